The third kappa shape index (κ3) is 2.85. The number of aryl methyl sites for hydroxylation is 1. The number of hydrogen-bond donors (Lipinski definition) is 1. The molecule has 0 radical (unpaired) electrons. The van der Waals surface area contributed by atoms with E-state index in [0.29, 0.717) is 24.1 Å². The first kappa shape index (κ1) is 15.3. The molecular formula is C14H15ClN2O4. The highest BCUT2D eigenvalue weighted by Gasteiger charge is 2.32. The van der Waals surface area contributed by atoms with E-state index in [1.165, 1.54) is 4.90 Å². The molecule has 1 saturated heterocycles. The molecule has 112 valence electrons. The first-order valence-corrected chi connectivity index (χ1v) is 6.44. The van der Waals surface area contributed by atoms with E-state index in [0.717, 1.165) is 5.69 Å². The Morgan fingerprint density at radius 3 is 2.86 bits per heavy atom. The summed E-state index contributed by atoms with van der Waals surface area (Å²) in [6, 6.07) is 5.20. The number of likely N-dealkylation sites (tertiary alicyclic amines) is 1. The van der Waals surface area contributed by atoms with E-state index >= 15 is 0 Å². The SMILES string of the molecule is Cc1ccc2oc(C(=O)N3CCC(C(=O)O)C3)cc2n1.Cl. The minimum atomic E-state index is -0.859. The monoisotopic (exact) mass is 310 g/mol. The van der Waals surface area contributed by atoms with Crippen LogP contribution in [0.1, 0.15) is 22.7 Å². The maximum atomic E-state index is 12.3. The number of fused-ring (bicyclic) bond motifs is 1. The summed E-state index contributed by atoms with van der Waals surface area (Å²) in [5.74, 6) is -1.40. The molecule has 0 bridgehead atoms. The van der Waals surface area contributed by atoms with Gasteiger partial charge in [-0.1, -0.05) is 0 Å². The Hall–Kier alpha value is -2.08. The molecule has 1 atom stereocenters. The molecule has 0 spiro atoms. The molecule has 1 amide bonds. The Morgan fingerprint density at radius 1 is 1.43 bits per heavy atom. The lowest BCUT2D eigenvalue weighted by atomic mass is 10.1. The topological polar surface area (TPSA) is 83.6 Å². The van der Waals surface area contributed by atoms with Crippen molar-refractivity contribution in [3.63, 3.8) is 0 Å². The summed E-state index contributed by atoms with van der Waals surface area (Å²) in [6.45, 7) is 2.54. The molecule has 2 aromatic heterocycles. The van der Waals surface area contributed by atoms with Gasteiger partial charge in [0.15, 0.2) is 11.3 Å². The van der Waals surface area contributed by atoms with Crippen LogP contribution in [0.15, 0.2) is 22.6 Å². The highest BCUT2D eigenvalue weighted by atomic mass is 35.5. The van der Waals surface area contributed by atoms with Crippen molar-refractivity contribution in [2.75, 3.05) is 13.1 Å². The fraction of sp³-hybridized carbons (Fsp3) is 0.357. The van der Waals surface area contributed by atoms with E-state index < -0.39 is 11.9 Å². The van der Waals surface area contributed by atoms with Crippen molar-refractivity contribution in [2.24, 2.45) is 5.92 Å². The van der Waals surface area contributed by atoms with E-state index in [1.54, 1.807) is 12.1 Å². The number of carbonyl (C=O) groups is 2. The molecular weight excluding hydrogens is 296 g/mol. The summed E-state index contributed by atoms with van der Waals surface area (Å²) in [7, 11) is 0. The first-order valence-electron chi connectivity index (χ1n) is 6.44. The standard InChI is InChI=1S/C14H14N2O4.ClH/c1-8-2-3-11-10(15-8)6-12(20-11)13(17)16-5-4-9(7-16)14(18)19;/h2-3,6,9H,4-5,7H2,1H3,(H,18,19);1H. The largest absolute Gasteiger partial charge is 0.481 e. The summed E-state index contributed by atoms with van der Waals surface area (Å²) in [5, 5.41) is 8.96. The predicted molar refractivity (Wildman–Crippen MR) is 77.6 cm³/mol. The van der Waals surface area contributed by atoms with Gasteiger partial charge in [0.1, 0.15) is 5.52 Å². The number of aliphatic carboxylic acids is 1. The summed E-state index contributed by atoms with van der Waals surface area (Å²) in [4.78, 5) is 29.0. The van der Waals surface area contributed by atoms with Crippen molar-refractivity contribution in [1.82, 2.24) is 9.88 Å². The number of aromatic nitrogens is 1. The Kier molecular flexibility index (Phi) is 4.18. The van der Waals surface area contributed by atoms with Gasteiger partial charge in [-0.2, -0.15) is 0 Å². The maximum Gasteiger partial charge on any atom is 0.308 e. The van der Waals surface area contributed by atoms with E-state index in [1.807, 2.05) is 13.0 Å². The van der Waals surface area contributed by atoms with Crippen molar-refractivity contribution in [3.8, 4) is 0 Å². The van der Waals surface area contributed by atoms with Gasteiger partial charge >= 0.3 is 5.97 Å². The summed E-state index contributed by atoms with van der Waals surface area (Å²) >= 11 is 0. The van der Waals surface area contributed by atoms with Crippen LogP contribution in [0.4, 0.5) is 0 Å². The van der Waals surface area contributed by atoms with Crippen LogP contribution in [-0.2, 0) is 4.79 Å². The normalized spacial score (nSPS) is 17.8. The van der Waals surface area contributed by atoms with Crippen molar-refractivity contribution >= 4 is 35.4 Å². The first-order chi connectivity index (χ1) is 9.54. The Labute approximate surface area is 127 Å². The zero-order valence-electron chi connectivity index (χ0n) is 11.4. The van der Waals surface area contributed by atoms with Crippen molar-refractivity contribution < 1.29 is 19.1 Å². The zero-order valence-corrected chi connectivity index (χ0v) is 12.2. The van der Waals surface area contributed by atoms with Gasteiger partial charge in [0.25, 0.3) is 5.91 Å². The molecule has 1 aliphatic heterocycles. The predicted octanol–water partition coefficient (Wildman–Crippen LogP) is 2.10. The number of halogens is 1. The van der Waals surface area contributed by atoms with Crippen molar-refractivity contribution in [1.29, 1.82) is 0 Å². The number of carboxylic acid groups (broad SMARTS) is 1. The highest BCUT2D eigenvalue weighted by molar-refractivity contribution is 5.95. The third-order valence-corrected chi connectivity index (χ3v) is 3.55. The summed E-state index contributed by atoms with van der Waals surface area (Å²) < 4.78 is 5.49. The molecule has 7 heteroatoms. The van der Waals surface area contributed by atoms with Crippen LogP contribution < -0.4 is 0 Å². The number of amides is 1. The van der Waals surface area contributed by atoms with Crippen LogP contribution in [0.2, 0.25) is 0 Å². The lowest BCUT2D eigenvalue weighted by Gasteiger charge is -2.13. The Bertz CT molecular complexity index is 697. The van der Waals surface area contributed by atoms with E-state index in [2.05, 4.69) is 4.98 Å². The molecule has 0 saturated carbocycles. The number of rotatable bonds is 2. The van der Waals surface area contributed by atoms with E-state index in [9.17, 15) is 9.59 Å². The average molecular weight is 311 g/mol. The second-order valence-electron chi connectivity index (χ2n) is 5.02. The Morgan fingerprint density at radius 2 is 2.19 bits per heavy atom. The number of hydrogen-bond acceptors (Lipinski definition) is 4. The minimum absolute atomic E-state index is 0. The third-order valence-electron chi connectivity index (χ3n) is 3.55. The second kappa shape index (κ2) is 5.73. The molecule has 1 unspecified atom stereocenters. The fourth-order valence-corrected chi connectivity index (χ4v) is 2.43. The minimum Gasteiger partial charge on any atom is -0.481 e. The van der Waals surface area contributed by atoms with E-state index in [-0.39, 0.29) is 30.6 Å². The van der Waals surface area contributed by atoms with Gasteiger partial charge in [0.2, 0.25) is 0 Å². The van der Waals surface area contributed by atoms with Crippen LogP contribution in [0.3, 0.4) is 0 Å². The molecule has 3 heterocycles. The van der Waals surface area contributed by atoms with Crippen LogP contribution >= 0.6 is 12.4 Å². The van der Waals surface area contributed by atoms with Crippen LogP contribution in [0.25, 0.3) is 11.1 Å². The lowest BCUT2D eigenvalue weighted by Crippen LogP contribution is -2.29. The van der Waals surface area contributed by atoms with Gasteiger partial charge in [0, 0.05) is 24.8 Å². The molecule has 21 heavy (non-hydrogen) atoms. The number of pyridine rings is 1. The highest BCUT2D eigenvalue weighted by Crippen LogP contribution is 2.23. The van der Waals surface area contributed by atoms with Crippen molar-refractivity contribution in [2.45, 2.75) is 13.3 Å². The van der Waals surface area contributed by atoms with Gasteiger partial charge in [-0.05, 0) is 25.5 Å². The molecule has 0 aromatic carbocycles. The van der Waals surface area contributed by atoms with Gasteiger partial charge in [-0.15, -0.1) is 12.4 Å². The Balaban J connectivity index is 0.00000161. The summed E-state index contributed by atoms with van der Waals surface area (Å²) in [5.41, 5.74) is 2.06. The molecule has 2 aromatic rings. The number of nitrogens with zero attached hydrogens (tertiary/aromatic N) is 2. The van der Waals surface area contributed by atoms with Gasteiger partial charge < -0.3 is 14.4 Å². The fourth-order valence-electron chi connectivity index (χ4n) is 2.43. The van der Waals surface area contributed by atoms with Crippen LogP contribution in [0, 0.1) is 12.8 Å². The molecule has 1 N–H and O–H groups in total. The van der Waals surface area contributed by atoms with E-state index in [4.69, 9.17) is 9.52 Å². The average Bonchev–Trinajstić information content (AvgIpc) is 3.03. The lowest BCUT2D eigenvalue weighted by molar-refractivity contribution is -0.141. The maximum absolute atomic E-state index is 12.3. The number of furan rings is 1. The van der Waals surface area contributed by atoms with Gasteiger partial charge in [-0.3, -0.25) is 9.59 Å². The second-order valence-corrected chi connectivity index (χ2v) is 5.02. The van der Waals surface area contributed by atoms with Crippen LogP contribution in [-0.4, -0.2) is 40.0 Å². The molecule has 1 fully saturated rings. The van der Waals surface area contributed by atoms with Crippen LogP contribution in [0.5, 0.6) is 0 Å². The smallest absolute Gasteiger partial charge is 0.308 e. The molecule has 1 aliphatic rings. The van der Waals surface area contributed by atoms with Gasteiger partial charge in [0.05, 0.1) is 5.92 Å². The zero-order chi connectivity index (χ0) is 14.3. The molecule has 0 aliphatic carbocycles. The quantitative estimate of drug-likeness (QED) is 0.918. The van der Waals surface area contributed by atoms with Crippen molar-refractivity contribution in [3.05, 3.63) is 29.7 Å². The number of carbonyl (C=O) groups excluding carboxylic acids is 1. The van der Waals surface area contributed by atoms with Gasteiger partial charge in [-0.25, -0.2) is 4.98 Å². The number of carboxylic acids is 1. The molecule has 6 nitrogen and oxygen atoms in total. The molecule has 3 rings (SSSR count). The summed E-state index contributed by atoms with van der Waals surface area (Å²) in [6.07, 6.45) is 0.485.